The average Bonchev–Trinajstić information content (AvgIpc) is 3.53. The number of urea groups is 1. The number of hydrogen-bond acceptors (Lipinski definition) is 8. The number of nitrogens with zero attached hydrogens (tertiary/aromatic N) is 1. The Morgan fingerprint density at radius 3 is 2.20 bits per heavy atom. The van der Waals surface area contributed by atoms with Crippen LogP contribution in [0.5, 0.6) is 11.5 Å². The molecule has 0 radical (unpaired) electrons. The van der Waals surface area contributed by atoms with Crippen molar-refractivity contribution in [3.63, 3.8) is 0 Å². The number of carbonyl (C=O) groups excluding carboxylic acids is 3. The summed E-state index contributed by atoms with van der Waals surface area (Å²) in [6.45, 7) is 3.16. The summed E-state index contributed by atoms with van der Waals surface area (Å²) in [5.41, 5.74) is 3.11. The van der Waals surface area contributed by atoms with Gasteiger partial charge < -0.3 is 29.6 Å². The minimum absolute atomic E-state index is 0.0172. The number of benzene rings is 3. The molecule has 3 aromatic carbocycles. The Balaban J connectivity index is 1.53. The van der Waals surface area contributed by atoms with Gasteiger partial charge in [0, 0.05) is 32.3 Å². The Morgan fingerprint density at radius 2 is 1.56 bits per heavy atom. The largest absolute Gasteiger partial charge is 0.495 e. The highest BCUT2D eigenvalue weighted by atomic mass is 16.7. The van der Waals surface area contributed by atoms with Crippen molar-refractivity contribution in [3.8, 4) is 11.5 Å². The van der Waals surface area contributed by atoms with Gasteiger partial charge in [-0.1, -0.05) is 24.3 Å². The number of aryl methyl sites for hydroxylation is 1. The van der Waals surface area contributed by atoms with Crippen LogP contribution >= 0.6 is 0 Å². The summed E-state index contributed by atoms with van der Waals surface area (Å²) < 4.78 is 22.4. The molecule has 1 aliphatic rings. The number of anilines is 2. The third kappa shape index (κ3) is 6.85. The van der Waals surface area contributed by atoms with Gasteiger partial charge in [0.25, 0.3) is 0 Å². The third-order valence-corrected chi connectivity index (χ3v) is 6.96. The maximum Gasteiger partial charge on any atom is 0.337 e. The Kier molecular flexibility index (Phi) is 9.59. The molecule has 0 saturated carbocycles. The van der Waals surface area contributed by atoms with E-state index < -0.39 is 17.9 Å². The van der Waals surface area contributed by atoms with Gasteiger partial charge in [0.15, 0.2) is 0 Å². The van der Waals surface area contributed by atoms with Crippen LogP contribution in [0.1, 0.15) is 34.3 Å². The number of rotatable bonds is 11. The summed E-state index contributed by atoms with van der Waals surface area (Å²) in [6, 6.07) is 18.6. The highest BCUT2D eigenvalue weighted by molar-refractivity contribution is 6.01. The molecule has 0 spiro atoms. The fourth-order valence-electron chi connectivity index (χ4n) is 4.77. The molecule has 1 heterocycles. The topological polar surface area (TPSA) is 115 Å². The fraction of sp³-hybridized carbons (Fsp3) is 0.323. The zero-order chi connectivity index (χ0) is 29.4. The zero-order valence-corrected chi connectivity index (χ0v) is 23.7. The van der Waals surface area contributed by atoms with Crippen molar-refractivity contribution in [2.75, 3.05) is 45.1 Å². The number of nitrogens with one attached hydrogen (secondary N) is 2. The van der Waals surface area contributed by atoms with Crippen molar-refractivity contribution in [1.82, 2.24) is 4.90 Å². The highest BCUT2D eigenvalue weighted by Gasteiger charge is 2.48. The molecule has 3 aromatic rings. The molecule has 0 aromatic heterocycles. The van der Waals surface area contributed by atoms with E-state index in [1.165, 1.54) is 21.3 Å². The lowest BCUT2D eigenvalue weighted by atomic mass is 10.0. The minimum Gasteiger partial charge on any atom is -0.495 e. The summed E-state index contributed by atoms with van der Waals surface area (Å²) in [6.07, 6.45) is 1.79. The lowest BCUT2D eigenvalue weighted by Crippen LogP contribution is -2.60. The first kappa shape index (κ1) is 29.6. The molecule has 4 rings (SSSR count). The van der Waals surface area contributed by atoms with E-state index in [1.807, 2.05) is 36.1 Å². The van der Waals surface area contributed by atoms with Gasteiger partial charge in [-0.05, 0) is 73.4 Å². The van der Waals surface area contributed by atoms with E-state index in [2.05, 4.69) is 10.6 Å². The predicted octanol–water partition coefficient (Wildman–Crippen LogP) is 5.02. The van der Waals surface area contributed by atoms with Crippen molar-refractivity contribution in [2.45, 2.75) is 32.1 Å². The zero-order valence-electron chi connectivity index (χ0n) is 23.7. The van der Waals surface area contributed by atoms with Gasteiger partial charge in [0.1, 0.15) is 11.5 Å². The van der Waals surface area contributed by atoms with Crippen molar-refractivity contribution in [2.24, 2.45) is 0 Å². The van der Waals surface area contributed by atoms with Crippen LogP contribution in [0.25, 0.3) is 0 Å². The Labute approximate surface area is 239 Å². The van der Waals surface area contributed by atoms with E-state index in [9.17, 15) is 14.4 Å². The second kappa shape index (κ2) is 13.3. The normalized spacial score (nSPS) is 14.5. The summed E-state index contributed by atoms with van der Waals surface area (Å²) in [7, 11) is 4.25. The minimum atomic E-state index is -1.67. The number of amides is 2. The first-order chi connectivity index (χ1) is 19.8. The molecule has 2 amide bonds. The van der Waals surface area contributed by atoms with Crippen LogP contribution in [0.15, 0.2) is 66.7 Å². The summed E-state index contributed by atoms with van der Waals surface area (Å²) in [4.78, 5) is 40.2. The van der Waals surface area contributed by atoms with Crippen molar-refractivity contribution in [3.05, 3.63) is 83.4 Å². The molecule has 1 aliphatic heterocycles. The van der Waals surface area contributed by atoms with E-state index in [1.54, 1.807) is 42.5 Å². The molecule has 1 fully saturated rings. The molecule has 1 atom stereocenters. The smallest absolute Gasteiger partial charge is 0.337 e. The first-order valence-electron chi connectivity index (χ1n) is 13.3. The summed E-state index contributed by atoms with van der Waals surface area (Å²) in [5, 5.41) is 5.63. The second-order valence-corrected chi connectivity index (χ2v) is 9.63. The number of hydrogen-bond donors (Lipinski definition) is 2. The van der Waals surface area contributed by atoms with Crippen LogP contribution in [0.4, 0.5) is 16.2 Å². The monoisotopic (exact) mass is 561 g/mol. The van der Waals surface area contributed by atoms with Crippen LogP contribution in [-0.2, 0) is 20.7 Å². The number of Topliss-reactive ketones (excluding diaryl/α,β-unsaturated/α-hetero) is 1. The standard InChI is InChI=1S/C31H35N3O7/c1-21-9-5-6-10-25(21)32-30(37)33-26-16-11-22(19-27(26)38-2)20-28(35)31(40-4,34-17-7-8-18-34)41-24-14-12-23(13-15-24)29(36)39-3/h5-6,9-16,19H,7-8,17-18,20H2,1-4H3,(H2,32,33,37). The van der Waals surface area contributed by atoms with Gasteiger partial charge >= 0.3 is 17.9 Å². The number of para-hydroxylation sites is 1. The van der Waals surface area contributed by atoms with Gasteiger partial charge in [-0.15, -0.1) is 0 Å². The molecule has 41 heavy (non-hydrogen) atoms. The molecule has 1 unspecified atom stereocenters. The number of methoxy groups -OCH3 is 3. The van der Waals surface area contributed by atoms with Crippen LogP contribution in [-0.4, -0.2) is 63.0 Å². The van der Waals surface area contributed by atoms with Crippen LogP contribution in [0.3, 0.4) is 0 Å². The van der Waals surface area contributed by atoms with E-state index >= 15 is 0 Å². The molecule has 0 bridgehead atoms. The maximum absolute atomic E-state index is 13.9. The van der Waals surface area contributed by atoms with E-state index in [0.29, 0.717) is 47.1 Å². The first-order valence-corrected chi connectivity index (χ1v) is 13.3. The van der Waals surface area contributed by atoms with E-state index in [-0.39, 0.29) is 12.2 Å². The number of ether oxygens (including phenoxy) is 4. The average molecular weight is 562 g/mol. The van der Waals surface area contributed by atoms with Gasteiger partial charge in [-0.2, -0.15) is 0 Å². The van der Waals surface area contributed by atoms with Crippen LogP contribution in [0, 0.1) is 6.92 Å². The molecule has 2 N–H and O–H groups in total. The Morgan fingerprint density at radius 1 is 0.878 bits per heavy atom. The predicted molar refractivity (Wildman–Crippen MR) is 154 cm³/mol. The number of ketones is 1. The molecule has 0 aliphatic carbocycles. The van der Waals surface area contributed by atoms with Crippen molar-refractivity contribution >= 4 is 29.2 Å². The maximum atomic E-state index is 13.9. The Hall–Kier alpha value is -4.41. The summed E-state index contributed by atoms with van der Waals surface area (Å²) >= 11 is 0. The fourth-order valence-corrected chi connectivity index (χ4v) is 4.77. The quantitative estimate of drug-likeness (QED) is 0.248. The third-order valence-electron chi connectivity index (χ3n) is 6.96. The number of esters is 1. The van der Waals surface area contributed by atoms with Gasteiger partial charge in [0.05, 0.1) is 25.5 Å². The lowest BCUT2D eigenvalue weighted by molar-refractivity contribution is -0.242. The summed E-state index contributed by atoms with van der Waals surface area (Å²) in [5.74, 6) is -1.67. The molecule has 10 nitrogen and oxygen atoms in total. The Bertz CT molecular complexity index is 1390. The van der Waals surface area contributed by atoms with Gasteiger partial charge in [0.2, 0.25) is 5.78 Å². The van der Waals surface area contributed by atoms with E-state index in [0.717, 1.165) is 18.4 Å². The van der Waals surface area contributed by atoms with E-state index in [4.69, 9.17) is 18.9 Å². The molecular formula is C31H35N3O7. The molecule has 216 valence electrons. The molecular weight excluding hydrogens is 526 g/mol. The lowest BCUT2D eigenvalue weighted by Gasteiger charge is -2.38. The second-order valence-electron chi connectivity index (χ2n) is 9.63. The number of carbonyl (C=O) groups is 3. The highest BCUT2D eigenvalue weighted by Crippen LogP contribution is 2.31. The van der Waals surface area contributed by atoms with Crippen molar-refractivity contribution < 1.29 is 33.3 Å². The van der Waals surface area contributed by atoms with Gasteiger partial charge in [-0.25, -0.2) is 14.5 Å². The SMILES string of the molecule is COC(=O)c1ccc(OC(OC)(C(=O)Cc2ccc(NC(=O)Nc3ccccc3C)c(OC)c2)N2CCCC2)cc1. The molecule has 1 saturated heterocycles. The van der Waals surface area contributed by atoms with Crippen molar-refractivity contribution in [1.29, 1.82) is 0 Å². The van der Waals surface area contributed by atoms with Gasteiger partial charge in [-0.3, -0.25) is 4.79 Å². The number of likely N-dealkylation sites (tertiary alicyclic amines) is 1. The van der Waals surface area contributed by atoms with Crippen LogP contribution < -0.4 is 20.1 Å². The van der Waals surface area contributed by atoms with Crippen LogP contribution in [0.2, 0.25) is 0 Å². The molecule has 10 heteroatoms.